The lowest BCUT2D eigenvalue weighted by Gasteiger charge is -2.47. The van der Waals surface area contributed by atoms with E-state index in [-0.39, 0.29) is 5.41 Å². The smallest absolute Gasteiger partial charge is 0.0679 e. The fourth-order valence-electron chi connectivity index (χ4n) is 6.51. The lowest BCUT2D eigenvalue weighted by atomic mass is 9.55. The van der Waals surface area contributed by atoms with Crippen molar-refractivity contribution in [1.82, 2.24) is 0 Å². The molecular formula is C32H37Br. The van der Waals surface area contributed by atoms with Crippen molar-refractivity contribution in [2.45, 2.75) is 72.1 Å². The quantitative estimate of drug-likeness (QED) is 0.365. The Bertz CT molecular complexity index is 1160. The highest BCUT2D eigenvalue weighted by atomic mass is 79.9. The van der Waals surface area contributed by atoms with Crippen molar-refractivity contribution < 1.29 is 0 Å². The van der Waals surface area contributed by atoms with Gasteiger partial charge >= 0.3 is 0 Å². The number of hydrogen-bond donors (Lipinski definition) is 0. The Hall–Kier alpha value is -2.12. The second kappa shape index (κ2) is 10.0. The molecule has 0 N–H and O–H groups in total. The Balaban J connectivity index is 0.000000617. The SMILES string of the molecule is CC.CC.CCC1C2=C(CCC=C2)C2(C3=C1CCC=C3)c1ccccc1-c1cc(Br)ccc12. The highest BCUT2D eigenvalue weighted by Crippen LogP contribution is 2.63. The Kier molecular flexibility index (Phi) is 7.29. The molecule has 2 atom stereocenters. The molecule has 0 radical (unpaired) electrons. The van der Waals surface area contributed by atoms with E-state index >= 15 is 0 Å². The summed E-state index contributed by atoms with van der Waals surface area (Å²) in [5.74, 6) is 0.582. The minimum absolute atomic E-state index is 0.107. The van der Waals surface area contributed by atoms with Crippen LogP contribution in [0.5, 0.6) is 0 Å². The summed E-state index contributed by atoms with van der Waals surface area (Å²) in [6.45, 7) is 10.4. The van der Waals surface area contributed by atoms with Gasteiger partial charge in [-0.05, 0) is 83.2 Å². The molecule has 33 heavy (non-hydrogen) atoms. The molecule has 4 aliphatic carbocycles. The van der Waals surface area contributed by atoms with E-state index in [0.717, 1.165) is 17.3 Å². The monoisotopic (exact) mass is 500 g/mol. The van der Waals surface area contributed by atoms with Crippen molar-refractivity contribution in [3.8, 4) is 11.1 Å². The maximum absolute atomic E-state index is 3.74. The molecule has 0 saturated heterocycles. The van der Waals surface area contributed by atoms with Gasteiger partial charge in [-0.25, -0.2) is 0 Å². The van der Waals surface area contributed by atoms with Crippen LogP contribution in [-0.2, 0) is 5.41 Å². The second-order valence-corrected chi connectivity index (χ2v) is 9.62. The fraction of sp³-hybridized carbons (Fsp3) is 0.375. The second-order valence-electron chi connectivity index (χ2n) is 8.70. The van der Waals surface area contributed by atoms with E-state index in [9.17, 15) is 0 Å². The first kappa shape index (κ1) is 24.0. The average Bonchev–Trinajstić information content (AvgIpc) is 3.17. The molecule has 4 aliphatic rings. The van der Waals surface area contributed by atoms with Crippen LogP contribution in [0.4, 0.5) is 0 Å². The third kappa shape index (κ3) is 3.46. The summed E-state index contributed by atoms with van der Waals surface area (Å²) < 4.78 is 1.16. The first-order valence-corrected chi connectivity index (χ1v) is 13.8. The van der Waals surface area contributed by atoms with E-state index in [0.29, 0.717) is 5.92 Å². The molecule has 2 aromatic carbocycles. The maximum atomic E-state index is 3.74. The van der Waals surface area contributed by atoms with Crippen LogP contribution >= 0.6 is 15.9 Å². The van der Waals surface area contributed by atoms with Gasteiger partial charge in [0.15, 0.2) is 0 Å². The van der Waals surface area contributed by atoms with Gasteiger partial charge in [0.1, 0.15) is 0 Å². The average molecular weight is 502 g/mol. The third-order valence-corrected chi connectivity index (χ3v) is 7.98. The number of halogens is 1. The van der Waals surface area contributed by atoms with Crippen molar-refractivity contribution in [2.75, 3.05) is 0 Å². The predicted octanol–water partition coefficient (Wildman–Crippen LogP) is 10.1. The zero-order valence-electron chi connectivity index (χ0n) is 20.8. The first-order valence-electron chi connectivity index (χ1n) is 13.0. The van der Waals surface area contributed by atoms with E-state index in [1.165, 1.54) is 41.5 Å². The van der Waals surface area contributed by atoms with Crippen LogP contribution in [0.25, 0.3) is 11.1 Å². The van der Waals surface area contributed by atoms with Gasteiger partial charge in [-0.1, -0.05) is 111 Å². The highest BCUT2D eigenvalue weighted by molar-refractivity contribution is 9.10. The van der Waals surface area contributed by atoms with E-state index < -0.39 is 0 Å². The topological polar surface area (TPSA) is 0 Å². The number of allylic oxidation sites excluding steroid dienone is 8. The number of hydrogen-bond acceptors (Lipinski definition) is 0. The molecule has 172 valence electrons. The van der Waals surface area contributed by atoms with Gasteiger partial charge in [-0.3, -0.25) is 0 Å². The van der Waals surface area contributed by atoms with Gasteiger partial charge in [-0.2, -0.15) is 0 Å². The molecule has 2 aromatic rings. The number of fused-ring (bicyclic) bond motifs is 7. The number of rotatable bonds is 1. The van der Waals surface area contributed by atoms with Gasteiger partial charge in [0.05, 0.1) is 5.41 Å². The Morgan fingerprint density at radius 2 is 1.55 bits per heavy atom. The molecule has 0 nitrogen and oxygen atoms in total. The Labute approximate surface area is 209 Å². The third-order valence-electron chi connectivity index (χ3n) is 7.49. The van der Waals surface area contributed by atoms with Gasteiger partial charge in [-0.15, -0.1) is 0 Å². The molecule has 2 unspecified atom stereocenters. The van der Waals surface area contributed by atoms with Crippen molar-refractivity contribution >= 4 is 15.9 Å². The summed E-state index contributed by atoms with van der Waals surface area (Å²) >= 11 is 3.74. The zero-order chi connectivity index (χ0) is 23.6. The highest BCUT2D eigenvalue weighted by Gasteiger charge is 2.52. The standard InChI is InChI=1S/C28H25Br.2C2H6/c1-2-19-20-9-3-6-12-24(20)28(25-13-7-4-10-21(19)25)26-14-8-5-11-22(26)23-17-18(29)15-16-27(23)28;2*1-2/h3,5,7-9,11,13-17,19H,2,4,6,10,12H2,1H3;2*1-2H3. The van der Waals surface area contributed by atoms with E-state index in [4.69, 9.17) is 0 Å². The summed E-state index contributed by atoms with van der Waals surface area (Å²) in [5.41, 5.74) is 12.2. The summed E-state index contributed by atoms with van der Waals surface area (Å²) in [7, 11) is 0. The van der Waals surface area contributed by atoms with Crippen LogP contribution < -0.4 is 0 Å². The van der Waals surface area contributed by atoms with Crippen LogP contribution in [0.3, 0.4) is 0 Å². The van der Waals surface area contributed by atoms with Gasteiger partial charge in [0.25, 0.3) is 0 Å². The van der Waals surface area contributed by atoms with Crippen LogP contribution in [-0.4, -0.2) is 0 Å². The van der Waals surface area contributed by atoms with Gasteiger partial charge in [0.2, 0.25) is 0 Å². The Morgan fingerprint density at radius 1 is 0.848 bits per heavy atom. The molecule has 1 heteroatoms. The molecule has 6 rings (SSSR count). The van der Waals surface area contributed by atoms with Crippen molar-refractivity contribution in [1.29, 1.82) is 0 Å². The zero-order valence-corrected chi connectivity index (χ0v) is 22.4. The number of benzene rings is 2. The molecule has 1 spiro atoms. The molecule has 0 heterocycles. The lowest BCUT2D eigenvalue weighted by Crippen LogP contribution is -2.38. The van der Waals surface area contributed by atoms with Crippen LogP contribution in [0.2, 0.25) is 0 Å². The minimum Gasteiger partial charge on any atom is -0.0839 e. The lowest BCUT2D eigenvalue weighted by molar-refractivity contribution is 0.550. The first-order chi connectivity index (χ1) is 16.3. The van der Waals surface area contributed by atoms with Crippen LogP contribution in [0, 0.1) is 5.92 Å². The van der Waals surface area contributed by atoms with Gasteiger partial charge < -0.3 is 0 Å². The fourth-order valence-corrected chi connectivity index (χ4v) is 6.87. The normalized spacial score (nSPS) is 23.6. The van der Waals surface area contributed by atoms with E-state index in [1.807, 2.05) is 27.7 Å². The molecule has 0 bridgehead atoms. The molecule has 0 saturated carbocycles. The van der Waals surface area contributed by atoms with E-state index in [2.05, 4.69) is 89.6 Å². The summed E-state index contributed by atoms with van der Waals surface area (Å²) in [6.07, 6.45) is 15.7. The maximum Gasteiger partial charge on any atom is 0.0679 e. The summed E-state index contributed by atoms with van der Waals surface area (Å²) in [5, 5.41) is 0. The van der Waals surface area contributed by atoms with Crippen LogP contribution in [0.1, 0.15) is 77.8 Å². The molecule has 0 amide bonds. The van der Waals surface area contributed by atoms with Gasteiger partial charge in [0, 0.05) is 10.4 Å². The predicted molar refractivity (Wildman–Crippen MR) is 148 cm³/mol. The largest absolute Gasteiger partial charge is 0.0839 e. The minimum atomic E-state index is -0.107. The summed E-state index contributed by atoms with van der Waals surface area (Å²) in [4.78, 5) is 0. The van der Waals surface area contributed by atoms with Crippen molar-refractivity contribution in [2.24, 2.45) is 5.92 Å². The molecule has 0 aliphatic heterocycles. The Morgan fingerprint density at radius 3 is 2.33 bits per heavy atom. The van der Waals surface area contributed by atoms with Crippen LogP contribution in [0.15, 0.2) is 93.5 Å². The molecular weight excluding hydrogens is 464 g/mol. The molecule has 0 fully saturated rings. The van der Waals surface area contributed by atoms with E-state index in [1.54, 1.807) is 22.3 Å². The van der Waals surface area contributed by atoms with Crippen molar-refractivity contribution in [3.05, 3.63) is 105 Å². The summed E-state index contributed by atoms with van der Waals surface area (Å²) in [6, 6.07) is 16.1. The van der Waals surface area contributed by atoms with Crippen molar-refractivity contribution in [3.63, 3.8) is 0 Å². The molecule has 0 aromatic heterocycles.